The summed E-state index contributed by atoms with van der Waals surface area (Å²) in [7, 11) is 1.57. The zero-order valence-electron chi connectivity index (χ0n) is 9.27. The van der Waals surface area contributed by atoms with Crippen LogP contribution in [0.2, 0.25) is 0 Å². The minimum atomic E-state index is -0.977. The van der Waals surface area contributed by atoms with Gasteiger partial charge in [0.25, 0.3) is 5.91 Å². The van der Waals surface area contributed by atoms with Gasteiger partial charge >= 0.3 is 0 Å². The maximum atomic E-state index is 11.5. The zero-order valence-corrected chi connectivity index (χ0v) is 10.1. The Bertz CT molecular complexity index is 327. The third-order valence-corrected chi connectivity index (χ3v) is 2.57. The van der Waals surface area contributed by atoms with E-state index >= 15 is 0 Å². The van der Waals surface area contributed by atoms with Crippen molar-refractivity contribution in [3.8, 4) is 0 Å². The van der Waals surface area contributed by atoms with E-state index in [1.54, 1.807) is 19.4 Å². The molecule has 0 aliphatic carbocycles. The van der Waals surface area contributed by atoms with Crippen LogP contribution in [0.25, 0.3) is 0 Å². The number of rotatable bonds is 6. The van der Waals surface area contributed by atoms with Crippen LogP contribution in [0.1, 0.15) is 23.8 Å². The van der Waals surface area contributed by atoms with E-state index in [2.05, 4.69) is 14.9 Å². The number of aliphatic hydroxyl groups is 1. The Kier molecular flexibility index (Phi) is 4.78. The van der Waals surface area contributed by atoms with Gasteiger partial charge in [-0.3, -0.25) is 4.79 Å². The van der Waals surface area contributed by atoms with Crippen LogP contribution in [0.5, 0.6) is 0 Å². The molecule has 0 radical (unpaired) electrons. The zero-order chi connectivity index (χ0) is 12.0. The number of hydrogen-bond acceptors (Lipinski definition) is 6. The van der Waals surface area contributed by atoms with Gasteiger partial charge in [0.2, 0.25) is 0 Å². The molecule has 0 aliphatic rings. The number of amides is 1. The second-order valence-electron chi connectivity index (χ2n) is 3.71. The first-order chi connectivity index (χ1) is 7.55. The van der Waals surface area contributed by atoms with Crippen LogP contribution in [-0.4, -0.2) is 46.5 Å². The Labute approximate surface area is 97.8 Å². The maximum absolute atomic E-state index is 11.5. The van der Waals surface area contributed by atoms with Gasteiger partial charge in [0.1, 0.15) is 0 Å². The van der Waals surface area contributed by atoms with E-state index in [1.165, 1.54) is 0 Å². The Morgan fingerprint density at radius 2 is 2.50 bits per heavy atom. The number of ether oxygens (including phenoxy) is 1. The van der Waals surface area contributed by atoms with Crippen LogP contribution in [0.4, 0.5) is 0 Å². The molecule has 0 aromatic carbocycles. The molecule has 2 N–H and O–H groups in total. The third-order valence-electron chi connectivity index (χ3n) is 2.07. The molecule has 0 aliphatic heterocycles. The summed E-state index contributed by atoms with van der Waals surface area (Å²) >= 11 is 1.11. The first kappa shape index (κ1) is 13.0. The highest BCUT2D eigenvalue weighted by Crippen LogP contribution is 2.08. The normalized spacial score (nSPS) is 14.4. The van der Waals surface area contributed by atoms with Crippen LogP contribution in [-0.2, 0) is 4.74 Å². The fraction of sp³-hybridized carbons (Fsp3) is 0.667. The molecule has 1 unspecified atom stereocenters. The average Bonchev–Trinajstić information content (AvgIpc) is 2.77. The van der Waals surface area contributed by atoms with E-state index in [-0.39, 0.29) is 18.1 Å². The molecule has 16 heavy (non-hydrogen) atoms. The van der Waals surface area contributed by atoms with Crippen LogP contribution in [0.3, 0.4) is 0 Å². The van der Waals surface area contributed by atoms with E-state index < -0.39 is 5.60 Å². The molecule has 0 spiro atoms. The number of methoxy groups -OCH3 is 1. The van der Waals surface area contributed by atoms with Gasteiger partial charge in [0.05, 0.1) is 5.60 Å². The molecule has 6 nitrogen and oxygen atoms in total. The Balaban J connectivity index is 2.36. The van der Waals surface area contributed by atoms with Crippen molar-refractivity contribution in [2.45, 2.75) is 18.9 Å². The van der Waals surface area contributed by atoms with E-state index in [0.29, 0.717) is 13.0 Å². The molecule has 1 rings (SSSR count). The molecule has 0 bridgehead atoms. The summed E-state index contributed by atoms with van der Waals surface area (Å²) in [5, 5.41) is 17.6. The van der Waals surface area contributed by atoms with Crippen molar-refractivity contribution in [2.24, 2.45) is 0 Å². The van der Waals surface area contributed by atoms with Crippen molar-refractivity contribution in [3.63, 3.8) is 0 Å². The quantitative estimate of drug-likeness (QED) is 0.740. The van der Waals surface area contributed by atoms with Crippen molar-refractivity contribution in [1.29, 1.82) is 0 Å². The van der Waals surface area contributed by atoms with Crippen molar-refractivity contribution >= 4 is 17.4 Å². The Morgan fingerprint density at radius 3 is 3.06 bits per heavy atom. The smallest absolute Gasteiger partial charge is 0.272 e. The van der Waals surface area contributed by atoms with Gasteiger partial charge in [-0.15, -0.1) is 5.10 Å². The van der Waals surface area contributed by atoms with Crippen molar-refractivity contribution in [1.82, 2.24) is 14.9 Å². The first-order valence-electron chi connectivity index (χ1n) is 4.82. The van der Waals surface area contributed by atoms with Crippen molar-refractivity contribution in [2.75, 3.05) is 20.3 Å². The van der Waals surface area contributed by atoms with Crippen molar-refractivity contribution in [3.05, 3.63) is 11.1 Å². The summed E-state index contributed by atoms with van der Waals surface area (Å²) in [4.78, 5) is 11.5. The average molecular weight is 245 g/mol. The molecule has 0 saturated heterocycles. The minimum absolute atomic E-state index is 0.159. The maximum Gasteiger partial charge on any atom is 0.272 e. The molecule has 1 heterocycles. The number of hydrogen-bond donors (Lipinski definition) is 2. The van der Waals surface area contributed by atoms with Crippen LogP contribution >= 0.6 is 11.5 Å². The number of aromatic nitrogens is 2. The molecule has 0 fully saturated rings. The Morgan fingerprint density at radius 1 is 1.75 bits per heavy atom. The predicted molar refractivity (Wildman–Crippen MR) is 59.4 cm³/mol. The largest absolute Gasteiger partial charge is 0.388 e. The highest BCUT2D eigenvalue weighted by atomic mass is 32.1. The SMILES string of the molecule is COCCC(C)(O)CNC(=O)c1csnn1. The predicted octanol–water partition coefficient (Wildman–Crippen LogP) is 0.0554. The molecule has 1 aromatic heterocycles. The molecule has 1 atom stereocenters. The van der Waals surface area contributed by atoms with E-state index in [9.17, 15) is 9.90 Å². The summed E-state index contributed by atoms with van der Waals surface area (Å²) in [6.45, 7) is 2.25. The van der Waals surface area contributed by atoms with Gasteiger partial charge in [-0.05, 0) is 18.5 Å². The molecule has 7 heteroatoms. The van der Waals surface area contributed by atoms with Crippen molar-refractivity contribution < 1.29 is 14.6 Å². The van der Waals surface area contributed by atoms with E-state index in [1.807, 2.05) is 0 Å². The summed E-state index contributed by atoms with van der Waals surface area (Å²) in [6.07, 6.45) is 0.457. The second-order valence-corrected chi connectivity index (χ2v) is 4.32. The molecule has 1 amide bonds. The summed E-state index contributed by atoms with van der Waals surface area (Å²) < 4.78 is 8.45. The molecule has 1 aromatic rings. The lowest BCUT2D eigenvalue weighted by molar-refractivity contribution is 0.0243. The summed E-state index contributed by atoms with van der Waals surface area (Å²) in [5.41, 5.74) is -0.706. The fourth-order valence-electron chi connectivity index (χ4n) is 1.04. The highest BCUT2D eigenvalue weighted by Gasteiger charge is 2.21. The fourth-order valence-corrected chi connectivity index (χ4v) is 1.47. The lowest BCUT2D eigenvalue weighted by Gasteiger charge is -2.22. The first-order valence-corrected chi connectivity index (χ1v) is 5.65. The van der Waals surface area contributed by atoms with E-state index in [0.717, 1.165) is 11.5 Å². The minimum Gasteiger partial charge on any atom is -0.388 e. The molecular weight excluding hydrogens is 230 g/mol. The molecular formula is C9H15N3O3S. The Hall–Kier alpha value is -1.05. The van der Waals surface area contributed by atoms with Gasteiger partial charge in [0, 0.05) is 32.1 Å². The summed E-state index contributed by atoms with van der Waals surface area (Å²) in [5.74, 6) is -0.327. The topological polar surface area (TPSA) is 84.3 Å². The molecule has 0 saturated carbocycles. The standard InChI is InChI=1S/C9H15N3O3S/c1-9(14,3-4-15-2)6-10-8(13)7-5-16-12-11-7/h5,14H,3-4,6H2,1-2H3,(H,10,13). The van der Waals surface area contributed by atoms with Gasteiger partial charge in [0.15, 0.2) is 5.69 Å². The van der Waals surface area contributed by atoms with Crippen LogP contribution in [0.15, 0.2) is 5.38 Å². The summed E-state index contributed by atoms with van der Waals surface area (Å²) in [6, 6.07) is 0. The van der Waals surface area contributed by atoms with Gasteiger partial charge in [-0.25, -0.2) is 0 Å². The number of nitrogens with one attached hydrogen (secondary N) is 1. The second kappa shape index (κ2) is 5.88. The monoisotopic (exact) mass is 245 g/mol. The van der Waals surface area contributed by atoms with E-state index in [4.69, 9.17) is 4.74 Å². The van der Waals surface area contributed by atoms with Gasteiger partial charge in [-0.2, -0.15) is 0 Å². The van der Waals surface area contributed by atoms with Crippen LogP contribution < -0.4 is 5.32 Å². The van der Waals surface area contributed by atoms with Gasteiger partial charge < -0.3 is 15.2 Å². The number of carbonyl (C=O) groups is 1. The number of nitrogens with zero attached hydrogens (tertiary/aromatic N) is 2. The molecule has 90 valence electrons. The lowest BCUT2D eigenvalue weighted by atomic mass is 10.0. The van der Waals surface area contributed by atoms with Gasteiger partial charge in [-0.1, -0.05) is 4.49 Å². The highest BCUT2D eigenvalue weighted by molar-refractivity contribution is 7.03. The van der Waals surface area contributed by atoms with Crippen LogP contribution in [0, 0.1) is 0 Å². The number of carbonyl (C=O) groups excluding carboxylic acids is 1. The third kappa shape index (κ3) is 4.21. The lowest BCUT2D eigenvalue weighted by Crippen LogP contribution is -2.41.